The van der Waals surface area contributed by atoms with Crippen LogP contribution in [0.4, 0.5) is 0 Å². The zero-order valence-electron chi connectivity index (χ0n) is 10.9. The van der Waals surface area contributed by atoms with Gasteiger partial charge in [0, 0.05) is 11.8 Å². The lowest BCUT2D eigenvalue weighted by molar-refractivity contribution is 0.0696. The number of rotatable bonds is 1. The third kappa shape index (κ3) is 2.42. The van der Waals surface area contributed by atoms with E-state index >= 15 is 0 Å². The molecule has 0 saturated carbocycles. The van der Waals surface area contributed by atoms with E-state index in [2.05, 4.69) is 4.98 Å². The van der Waals surface area contributed by atoms with Gasteiger partial charge in [0.1, 0.15) is 12.4 Å². The average molecular weight is 257 g/mol. The summed E-state index contributed by atoms with van der Waals surface area (Å²) in [5.41, 5.74) is 3.14. The molecule has 0 unspecified atom stereocenters. The number of pyridine rings is 1. The van der Waals surface area contributed by atoms with Crippen LogP contribution in [0.2, 0.25) is 0 Å². The van der Waals surface area contributed by atoms with Gasteiger partial charge in [0.25, 0.3) is 0 Å². The molecule has 1 N–H and O–H groups in total. The molecule has 98 valence electrons. The molecule has 0 bridgehead atoms. The molecule has 2 aromatic rings. The summed E-state index contributed by atoms with van der Waals surface area (Å²) < 4.78 is 5.53. The first-order chi connectivity index (χ1) is 9.25. The molecule has 1 aliphatic rings. The molecule has 0 amide bonds. The standard InChI is InChI=1S/C13H9NO3.C2H6/c15-13(16)8-1-2-10-9(5-8)7-17-12-6-14-4-3-11(10)12;1-2/h1-6H,7H2,(H,15,16);1-2H3. The lowest BCUT2D eigenvalue weighted by Gasteiger charge is -2.20. The molecule has 0 spiro atoms. The van der Waals surface area contributed by atoms with Crippen LogP contribution < -0.4 is 4.74 Å². The van der Waals surface area contributed by atoms with Gasteiger partial charge >= 0.3 is 5.97 Å². The summed E-state index contributed by atoms with van der Waals surface area (Å²) >= 11 is 0. The summed E-state index contributed by atoms with van der Waals surface area (Å²) in [7, 11) is 0. The minimum atomic E-state index is -0.923. The van der Waals surface area contributed by atoms with Gasteiger partial charge in [0.2, 0.25) is 0 Å². The predicted molar refractivity (Wildman–Crippen MR) is 72.3 cm³/mol. The number of carboxylic acid groups (broad SMARTS) is 1. The Labute approximate surface area is 111 Å². The molecule has 4 heteroatoms. The fourth-order valence-corrected chi connectivity index (χ4v) is 1.98. The molecule has 19 heavy (non-hydrogen) atoms. The van der Waals surface area contributed by atoms with Crippen molar-refractivity contribution in [3.8, 4) is 16.9 Å². The molecule has 1 aliphatic heterocycles. The minimum absolute atomic E-state index is 0.282. The first-order valence-electron chi connectivity index (χ1n) is 6.19. The highest BCUT2D eigenvalue weighted by molar-refractivity contribution is 5.89. The molecule has 4 nitrogen and oxygen atoms in total. The average Bonchev–Trinajstić information content (AvgIpc) is 2.48. The van der Waals surface area contributed by atoms with Crippen molar-refractivity contribution in [3.63, 3.8) is 0 Å². The summed E-state index contributed by atoms with van der Waals surface area (Å²) in [5, 5.41) is 8.93. The quantitative estimate of drug-likeness (QED) is 0.851. The van der Waals surface area contributed by atoms with Crippen molar-refractivity contribution in [2.24, 2.45) is 0 Å². The van der Waals surface area contributed by atoms with Gasteiger partial charge in [-0.05, 0) is 29.3 Å². The number of fused-ring (bicyclic) bond motifs is 3. The minimum Gasteiger partial charge on any atom is -0.487 e. The molecule has 0 radical (unpaired) electrons. The van der Waals surface area contributed by atoms with Crippen molar-refractivity contribution in [1.82, 2.24) is 4.98 Å². The zero-order valence-corrected chi connectivity index (χ0v) is 10.9. The second-order valence-corrected chi connectivity index (χ2v) is 3.84. The lowest BCUT2D eigenvalue weighted by atomic mass is 9.96. The van der Waals surface area contributed by atoms with E-state index in [0.717, 1.165) is 22.4 Å². The van der Waals surface area contributed by atoms with Gasteiger partial charge in [0.15, 0.2) is 0 Å². The van der Waals surface area contributed by atoms with E-state index in [9.17, 15) is 4.79 Å². The Hall–Kier alpha value is -2.36. The van der Waals surface area contributed by atoms with Crippen molar-refractivity contribution in [3.05, 3.63) is 47.8 Å². The second-order valence-electron chi connectivity index (χ2n) is 3.84. The molecule has 0 saturated heterocycles. The smallest absolute Gasteiger partial charge is 0.335 e. The Kier molecular flexibility index (Phi) is 3.80. The van der Waals surface area contributed by atoms with Crippen molar-refractivity contribution in [2.75, 3.05) is 0 Å². The van der Waals surface area contributed by atoms with Gasteiger partial charge < -0.3 is 9.84 Å². The number of benzene rings is 1. The Morgan fingerprint density at radius 1 is 1.26 bits per heavy atom. The molecule has 1 aromatic heterocycles. The van der Waals surface area contributed by atoms with Crippen molar-refractivity contribution in [1.29, 1.82) is 0 Å². The van der Waals surface area contributed by atoms with Crippen molar-refractivity contribution < 1.29 is 14.6 Å². The van der Waals surface area contributed by atoms with Gasteiger partial charge in [-0.25, -0.2) is 4.79 Å². The molecule has 2 heterocycles. The number of hydrogen-bond acceptors (Lipinski definition) is 3. The first-order valence-corrected chi connectivity index (χ1v) is 6.19. The molecule has 3 rings (SSSR count). The van der Waals surface area contributed by atoms with Gasteiger partial charge in [-0.3, -0.25) is 4.98 Å². The summed E-state index contributed by atoms with van der Waals surface area (Å²) in [6.45, 7) is 4.38. The normalized spacial score (nSPS) is 11.3. The second kappa shape index (κ2) is 5.52. The highest BCUT2D eigenvalue weighted by Gasteiger charge is 2.18. The van der Waals surface area contributed by atoms with Crippen LogP contribution >= 0.6 is 0 Å². The Balaban J connectivity index is 0.000000637. The van der Waals surface area contributed by atoms with Gasteiger partial charge in [-0.1, -0.05) is 19.9 Å². The van der Waals surface area contributed by atoms with Gasteiger partial charge in [-0.2, -0.15) is 0 Å². The fraction of sp³-hybridized carbons (Fsp3) is 0.200. The summed E-state index contributed by atoms with van der Waals surface area (Å²) in [5.74, 6) is -0.184. The lowest BCUT2D eigenvalue weighted by Crippen LogP contribution is -2.07. The number of carboxylic acids is 1. The van der Waals surface area contributed by atoms with E-state index in [-0.39, 0.29) is 5.56 Å². The molecule has 1 aromatic carbocycles. The highest BCUT2D eigenvalue weighted by Crippen LogP contribution is 2.36. The Morgan fingerprint density at radius 2 is 2.05 bits per heavy atom. The molecule has 0 fully saturated rings. The molecule has 0 atom stereocenters. The van der Waals surface area contributed by atoms with Gasteiger partial charge in [-0.15, -0.1) is 0 Å². The number of aromatic carboxylic acids is 1. The van der Waals surface area contributed by atoms with E-state index in [4.69, 9.17) is 9.84 Å². The van der Waals surface area contributed by atoms with Crippen LogP contribution in [-0.4, -0.2) is 16.1 Å². The van der Waals surface area contributed by atoms with Crippen molar-refractivity contribution in [2.45, 2.75) is 20.5 Å². The Morgan fingerprint density at radius 3 is 2.79 bits per heavy atom. The SMILES string of the molecule is CC.O=C(O)c1ccc2c(c1)COc1cnccc1-2. The van der Waals surface area contributed by atoms with Crippen molar-refractivity contribution >= 4 is 5.97 Å². The first kappa shape index (κ1) is 13.1. The van der Waals surface area contributed by atoms with E-state index in [1.165, 1.54) is 0 Å². The topological polar surface area (TPSA) is 59.4 Å². The number of ether oxygens (including phenoxy) is 1. The van der Waals surface area contributed by atoms with Crippen LogP contribution in [-0.2, 0) is 6.61 Å². The number of nitrogens with zero attached hydrogens (tertiary/aromatic N) is 1. The number of aromatic nitrogens is 1. The van der Waals surface area contributed by atoms with E-state index < -0.39 is 5.97 Å². The molecule has 0 aliphatic carbocycles. The summed E-state index contributed by atoms with van der Waals surface area (Å²) in [6, 6.07) is 6.95. The molecular weight excluding hydrogens is 242 g/mol. The third-order valence-corrected chi connectivity index (χ3v) is 2.81. The fourth-order valence-electron chi connectivity index (χ4n) is 1.98. The number of hydrogen-bond donors (Lipinski definition) is 1. The van der Waals surface area contributed by atoms with Gasteiger partial charge in [0.05, 0.1) is 11.8 Å². The van der Waals surface area contributed by atoms with Crippen LogP contribution in [0.5, 0.6) is 5.75 Å². The monoisotopic (exact) mass is 257 g/mol. The summed E-state index contributed by atoms with van der Waals surface area (Å²) in [6.07, 6.45) is 3.37. The largest absolute Gasteiger partial charge is 0.487 e. The van der Waals surface area contributed by atoms with Crippen LogP contribution in [0.1, 0.15) is 29.8 Å². The van der Waals surface area contributed by atoms with Crippen LogP contribution in [0, 0.1) is 0 Å². The molecular formula is C15H15NO3. The van der Waals surface area contributed by atoms with E-state index in [1.54, 1.807) is 24.5 Å². The maximum atomic E-state index is 10.9. The predicted octanol–water partition coefficient (Wildman–Crippen LogP) is 3.37. The van der Waals surface area contributed by atoms with E-state index in [1.807, 2.05) is 26.0 Å². The van der Waals surface area contributed by atoms with Crippen LogP contribution in [0.3, 0.4) is 0 Å². The maximum absolute atomic E-state index is 10.9. The van der Waals surface area contributed by atoms with Crippen LogP contribution in [0.25, 0.3) is 11.1 Å². The third-order valence-electron chi connectivity index (χ3n) is 2.81. The highest BCUT2D eigenvalue weighted by atomic mass is 16.5. The zero-order chi connectivity index (χ0) is 13.8. The summed E-state index contributed by atoms with van der Waals surface area (Å²) in [4.78, 5) is 14.9. The Bertz CT molecular complexity index is 608. The number of carbonyl (C=O) groups is 1. The maximum Gasteiger partial charge on any atom is 0.335 e. The van der Waals surface area contributed by atoms with Crippen LogP contribution in [0.15, 0.2) is 36.7 Å². The van der Waals surface area contributed by atoms with E-state index in [0.29, 0.717) is 6.61 Å².